The first-order valence-corrected chi connectivity index (χ1v) is 11.4. The number of sulfonamides is 1. The molecule has 0 aliphatic carbocycles. The minimum atomic E-state index is -4.18. The molecule has 0 bridgehead atoms. The van der Waals surface area contributed by atoms with Crippen molar-refractivity contribution in [1.29, 1.82) is 0 Å². The van der Waals surface area contributed by atoms with Gasteiger partial charge in [-0.2, -0.15) is 0 Å². The lowest BCUT2D eigenvalue weighted by atomic mass is 9.92. The number of urea groups is 1. The Hall–Kier alpha value is -2.28. The van der Waals surface area contributed by atoms with Gasteiger partial charge in [-0.1, -0.05) is 18.2 Å². The Balaban J connectivity index is 1.64. The van der Waals surface area contributed by atoms with E-state index in [1.54, 1.807) is 18.2 Å². The van der Waals surface area contributed by atoms with E-state index in [1.165, 1.54) is 6.07 Å². The van der Waals surface area contributed by atoms with Gasteiger partial charge >= 0.3 is 12.0 Å². The SMILES string of the molecule is NC(=O)N1CCC(S(=O)(=O)N2CCC(OCc3ccccc3F)CC2)C(O)(C(=O)O)C1. The van der Waals surface area contributed by atoms with Crippen molar-refractivity contribution in [3.05, 3.63) is 35.6 Å². The number of aliphatic carboxylic acids is 1. The highest BCUT2D eigenvalue weighted by atomic mass is 32.2. The average Bonchev–Trinajstić information content (AvgIpc) is 2.73. The van der Waals surface area contributed by atoms with Crippen molar-refractivity contribution in [3.63, 3.8) is 0 Å². The zero-order chi connectivity index (χ0) is 22.8. The maximum atomic E-state index is 13.7. The van der Waals surface area contributed by atoms with E-state index in [2.05, 4.69) is 0 Å². The Bertz CT molecular complexity index is 936. The molecule has 172 valence electrons. The summed E-state index contributed by atoms with van der Waals surface area (Å²) in [5.74, 6) is -2.10. The summed E-state index contributed by atoms with van der Waals surface area (Å²) >= 11 is 0. The van der Waals surface area contributed by atoms with Crippen LogP contribution in [0.3, 0.4) is 0 Å². The van der Waals surface area contributed by atoms with Gasteiger partial charge in [-0.05, 0) is 25.3 Å². The van der Waals surface area contributed by atoms with Crippen molar-refractivity contribution in [3.8, 4) is 0 Å². The molecule has 0 spiro atoms. The standard InChI is InChI=1S/C19H26FN3O7S/c20-15-4-2-1-3-13(15)11-30-14-5-9-23(10-6-14)31(28,29)16-7-8-22(18(21)26)12-19(16,27)17(24)25/h1-4,14,16,27H,5-12H2,(H2,21,26)(H,24,25). The number of halogens is 1. The van der Waals surface area contributed by atoms with Crippen molar-refractivity contribution >= 4 is 22.0 Å². The van der Waals surface area contributed by atoms with Crippen molar-refractivity contribution in [1.82, 2.24) is 9.21 Å². The van der Waals surface area contributed by atoms with Crippen LogP contribution in [-0.2, 0) is 26.2 Å². The number of carboxylic acids is 1. The van der Waals surface area contributed by atoms with Crippen LogP contribution in [0.15, 0.2) is 24.3 Å². The van der Waals surface area contributed by atoms with E-state index in [0.29, 0.717) is 18.4 Å². The number of carbonyl (C=O) groups excluding carboxylic acids is 1. The van der Waals surface area contributed by atoms with Gasteiger partial charge in [0.15, 0.2) is 5.60 Å². The van der Waals surface area contributed by atoms with Gasteiger partial charge < -0.3 is 25.6 Å². The lowest BCUT2D eigenvalue weighted by Gasteiger charge is -2.43. The first-order chi connectivity index (χ1) is 14.6. The zero-order valence-corrected chi connectivity index (χ0v) is 17.6. The molecule has 2 aliphatic rings. The number of piperidine rings is 2. The number of rotatable bonds is 6. The van der Waals surface area contributed by atoms with E-state index in [9.17, 15) is 32.6 Å². The van der Waals surface area contributed by atoms with Crippen molar-refractivity contribution in [2.45, 2.75) is 42.8 Å². The number of likely N-dealkylation sites (tertiary alicyclic amines) is 1. The summed E-state index contributed by atoms with van der Waals surface area (Å²) in [6, 6.07) is 5.29. The summed E-state index contributed by atoms with van der Waals surface area (Å²) in [4.78, 5) is 24.0. The van der Waals surface area contributed by atoms with Crippen molar-refractivity contribution in [2.75, 3.05) is 26.2 Å². The van der Waals surface area contributed by atoms with E-state index in [4.69, 9.17) is 10.5 Å². The molecule has 1 aromatic carbocycles. The Morgan fingerprint density at radius 1 is 1.19 bits per heavy atom. The number of nitrogens with zero attached hydrogens (tertiary/aromatic N) is 2. The maximum Gasteiger partial charge on any atom is 0.339 e. The number of hydrogen-bond donors (Lipinski definition) is 3. The molecular weight excluding hydrogens is 433 g/mol. The van der Waals surface area contributed by atoms with Crippen LogP contribution in [0.4, 0.5) is 9.18 Å². The summed E-state index contributed by atoms with van der Waals surface area (Å²) in [5.41, 5.74) is 2.91. The number of ether oxygens (including phenoxy) is 1. The molecule has 1 aromatic rings. The molecule has 0 radical (unpaired) electrons. The molecule has 4 N–H and O–H groups in total. The van der Waals surface area contributed by atoms with E-state index in [1.807, 2.05) is 0 Å². The van der Waals surface area contributed by atoms with E-state index >= 15 is 0 Å². The fraction of sp³-hybridized carbons (Fsp3) is 0.579. The van der Waals surface area contributed by atoms with E-state index in [-0.39, 0.29) is 44.6 Å². The Morgan fingerprint density at radius 3 is 2.42 bits per heavy atom. The summed E-state index contributed by atoms with van der Waals surface area (Å²) in [7, 11) is -4.18. The lowest BCUT2D eigenvalue weighted by molar-refractivity contribution is -0.162. The fourth-order valence-electron chi connectivity index (χ4n) is 4.03. The highest BCUT2D eigenvalue weighted by Gasteiger charge is 2.56. The quantitative estimate of drug-likeness (QED) is 0.546. The van der Waals surface area contributed by atoms with Crippen molar-refractivity contribution < 1.29 is 37.3 Å². The van der Waals surface area contributed by atoms with Gasteiger partial charge in [0.05, 0.1) is 19.3 Å². The summed E-state index contributed by atoms with van der Waals surface area (Å²) in [5, 5.41) is 18.6. The lowest BCUT2D eigenvalue weighted by Crippen LogP contribution is -2.67. The molecule has 2 atom stereocenters. The molecule has 3 rings (SSSR count). The van der Waals surface area contributed by atoms with Crippen LogP contribution in [-0.4, -0.2) is 83.0 Å². The minimum Gasteiger partial charge on any atom is -0.479 e. The molecule has 12 heteroatoms. The van der Waals surface area contributed by atoms with Gasteiger partial charge in [0, 0.05) is 25.2 Å². The maximum absolute atomic E-state index is 13.7. The third kappa shape index (κ3) is 4.81. The van der Waals surface area contributed by atoms with Crippen LogP contribution in [0.2, 0.25) is 0 Å². The molecule has 2 amide bonds. The second kappa shape index (κ2) is 9.07. The Kier molecular flexibility index (Phi) is 6.84. The van der Waals surface area contributed by atoms with Crippen LogP contribution in [0.1, 0.15) is 24.8 Å². The van der Waals surface area contributed by atoms with Gasteiger partial charge in [-0.15, -0.1) is 0 Å². The molecule has 0 aromatic heterocycles. The highest BCUT2D eigenvalue weighted by Crippen LogP contribution is 2.32. The number of carboxylic acid groups (broad SMARTS) is 1. The summed E-state index contributed by atoms with van der Waals surface area (Å²) in [6.45, 7) is -0.554. The molecule has 31 heavy (non-hydrogen) atoms. The number of amides is 2. The van der Waals surface area contributed by atoms with E-state index < -0.39 is 39.4 Å². The molecule has 2 fully saturated rings. The number of carbonyl (C=O) groups is 2. The van der Waals surface area contributed by atoms with Gasteiger partial charge in [-0.25, -0.2) is 26.7 Å². The number of nitrogens with two attached hydrogens (primary N) is 1. The van der Waals surface area contributed by atoms with Crippen LogP contribution < -0.4 is 5.73 Å². The van der Waals surface area contributed by atoms with Gasteiger partial charge in [0.25, 0.3) is 0 Å². The molecular formula is C19H26FN3O7S. The van der Waals surface area contributed by atoms with Crippen LogP contribution in [0.25, 0.3) is 0 Å². The molecule has 2 heterocycles. The van der Waals surface area contributed by atoms with Crippen molar-refractivity contribution in [2.24, 2.45) is 5.73 Å². The number of hydrogen-bond acceptors (Lipinski definition) is 6. The van der Waals surface area contributed by atoms with Crippen LogP contribution >= 0.6 is 0 Å². The Morgan fingerprint density at radius 2 is 1.84 bits per heavy atom. The fourth-order valence-corrected chi connectivity index (χ4v) is 6.18. The predicted octanol–water partition coefficient (Wildman–Crippen LogP) is 0.105. The second-order valence-corrected chi connectivity index (χ2v) is 9.93. The van der Waals surface area contributed by atoms with E-state index in [0.717, 1.165) is 9.21 Å². The third-order valence-electron chi connectivity index (χ3n) is 5.86. The number of β-amino-alcohol motifs (C(OH)–C–C–N with tert-alkyl or cyclic N) is 1. The van der Waals surface area contributed by atoms with Crippen LogP contribution in [0, 0.1) is 5.82 Å². The smallest absolute Gasteiger partial charge is 0.339 e. The molecule has 10 nitrogen and oxygen atoms in total. The highest BCUT2D eigenvalue weighted by molar-refractivity contribution is 7.89. The molecule has 2 saturated heterocycles. The molecule has 2 unspecified atom stereocenters. The third-order valence-corrected chi connectivity index (χ3v) is 8.29. The van der Waals surface area contributed by atoms with Gasteiger partial charge in [-0.3, -0.25) is 0 Å². The second-order valence-electron chi connectivity index (χ2n) is 7.81. The van der Waals surface area contributed by atoms with Gasteiger partial charge in [0.2, 0.25) is 10.0 Å². The number of benzene rings is 1. The monoisotopic (exact) mass is 459 g/mol. The zero-order valence-electron chi connectivity index (χ0n) is 16.8. The largest absolute Gasteiger partial charge is 0.479 e. The molecule has 2 aliphatic heterocycles. The number of aliphatic hydroxyl groups is 1. The average molecular weight is 459 g/mol. The summed E-state index contributed by atoms with van der Waals surface area (Å²) in [6.07, 6.45) is 0.164. The topological polar surface area (TPSA) is 150 Å². The normalized spacial score (nSPS) is 26.0. The first kappa shape index (κ1) is 23.4. The summed E-state index contributed by atoms with van der Waals surface area (Å²) < 4.78 is 46.9. The Labute approximate surface area is 179 Å². The molecule has 0 saturated carbocycles. The minimum absolute atomic E-state index is 0.0639. The predicted molar refractivity (Wildman–Crippen MR) is 107 cm³/mol. The first-order valence-electron chi connectivity index (χ1n) is 9.90. The van der Waals surface area contributed by atoms with Gasteiger partial charge in [0.1, 0.15) is 11.1 Å². The van der Waals surface area contributed by atoms with Crippen LogP contribution in [0.5, 0.6) is 0 Å². The number of primary amides is 1.